The van der Waals surface area contributed by atoms with Crippen LogP contribution in [0.2, 0.25) is 0 Å². The normalized spacial score (nSPS) is 16.2. The molecule has 1 aliphatic heterocycles. The van der Waals surface area contributed by atoms with E-state index < -0.39 is 0 Å². The summed E-state index contributed by atoms with van der Waals surface area (Å²) in [6.45, 7) is 6.76. The van der Waals surface area contributed by atoms with Crippen LogP contribution in [0.1, 0.15) is 5.56 Å². The van der Waals surface area contributed by atoms with E-state index in [1.165, 1.54) is 6.07 Å². The molecule has 1 heterocycles. The lowest BCUT2D eigenvalue weighted by molar-refractivity contribution is 0.0639. The van der Waals surface area contributed by atoms with Crippen molar-refractivity contribution < 1.29 is 9.13 Å². The number of benzene rings is 1. The molecule has 1 aromatic carbocycles. The number of hydrogen-bond acceptors (Lipinski definition) is 3. The smallest absolute Gasteiger partial charge is 0.134 e. The molecule has 0 saturated carbocycles. The Labute approximate surface area is 94.3 Å². The maximum absolute atomic E-state index is 13.7. The van der Waals surface area contributed by atoms with Crippen molar-refractivity contribution >= 4 is 11.4 Å². The molecule has 0 spiro atoms. The van der Waals surface area contributed by atoms with E-state index in [0.717, 1.165) is 13.1 Å². The van der Waals surface area contributed by atoms with Crippen molar-refractivity contribution in [2.75, 3.05) is 32.0 Å². The van der Waals surface area contributed by atoms with Crippen molar-refractivity contribution in [1.82, 2.24) is 4.90 Å². The Morgan fingerprint density at radius 3 is 2.69 bits per heavy atom. The zero-order valence-corrected chi connectivity index (χ0v) is 9.08. The number of anilines is 1. The van der Waals surface area contributed by atoms with Crippen LogP contribution < -0.4 is 5.73 Å². The van der Waals surface area contributed by atoms with Gasteiger partial charge in [-0.1, -0.05) is 6.58 Å². The van der Waals surface area contributed by atoms with E-state index in [2.05, 4.69) is 6.58 Å². The fourth-order valence-corrected chi connectivity index (χ4v) is 1.77. The highest BCUT2D eigenvalue weighted by Gasteiger charge is 2.16. The largest absolute Gasteiger partial charge is 0.399 e. The molecule has 1 fully saturated rings. The first-order valence-electron chi connectivity index (χ1n) is 5.25. The number of morpholine rings is 1. The van der Waals surface area contributed by atoms with Crippen molar-refractivity contribution in [1.29, 1.82) is 0 Å². The lowest BCUT2D eigenvalue weighted by Gasteiger charge is -2.30. The molecule has 2 N–H and O–H groups in total. The molecular weight excluding hydrogens is 207 g/mol. The average Bonchev–Trinajstić information content (AvgIpc) is 2.29. The molecule has 0 atom stereocenters. The third-order valence-corrected chi connectivity index (χ3v) is 2.70. The maximum atomic E-state index is 13.7. The van der Waals surface area contributed by atoms with Gasteiger partial charge in [0.15, 0.2) is 0 Å². The first kappa shape index (κ1) is 11.0. The molecule has 86 valence electrons. The average molecular weight is 222 g/mol. The first-order valence-corrected chi connectivity index (χ1v) is 5.25. The highest BCUT2D eigenvalue weighted by molar-refractivity contribution is 5.64. The predicted octanol–water partition coefficient (Wildman–Crippen LogP) is 1.71. The number of nitrogens with two attached hydrogens (primary N) is 1. The molecule has 3 nitrogen and oxygen atoms in total. The van der Waals surface area contributed by atoms with E-state index in [0.29, 0.717) is 30.2 Å². The second-order valence-electron chi connectivity index (χ2n) is 3.79. The monoisotopic (exact) mass is 222 g/mol. The maximum Gasteiger partial charge on any atom is 0.134 e. The number of halogens is 1. The minimum absolute atomic E-state index is 0.323. The Kier molecular flexibility index (Phi) is 3.10. The highest BCUT2D eigenvalue weighted by atomic mass is 19.1. The van der Waals surface area contributed by atoms with Gasteiger partial charge in [-0.25, -0.2) is 4.39 Å². The van der Waals surface area contributed by atoms with Crippen molar-refractivity contribution in [2.45, 2.75) is 0 Å². The van der Waals surface area contributed by atoms with Crippen molar-refractivity contribution in [2.24, 2.45) is 0 Å². The number of nitrogen functional groups attached to an aromatic ring is 1. The van der Waals surface area contributed by atoms with Crippen LogP contribution in [0.3, 0.4) is 0 Å². The second kappa shape index (κ2) is 4.53. The summed E-state index contributed by atoms with van der Waals surface area (Å²) >= 11 is 0. The minimum Gasteiger partial charge on any atom is -0.399 e. The van der Waals surface area contributed by atoms with Gasteiger partial charge in [0.25, 0.3) is 0 Å². The summed E-state index contributed by atoms with van der Waals surface area (Å²) in [5.41, 5.74) is 7.14. The second-order valence-corrected chi connectivity index (χ2v) is 3.79. The first-order chi connectivity index (χ1) is 7.68. The molecule has 1 aliphatic rings. The fourth-order valence-electron chi connectivity index (χ4n) is 1.77. The highest BCUT2D eigenvalue weighted by Crippen LogP contribution is 2.22. The van der Waals surface area contributed by atoms with Crippen LogP contribution in [-0.2, 0) is 4.74 Å². The predicted molar refractivity (Wildman–Crippen MR) is 62.2 cm³/mol. The standard InChI is InChI=1S/C12H15FN2O/c1-9(15-4-6-16-7-5-15)11-3-2-10(14)8-12(11)13/h2-3,8H,1,4-7,14H2. The molecule has 1 saturated heterocycles. The summed E-state index contributed by atoms with van der Waals surface area (Å²) in [6.07, 6.45) is 0. The van der Waals surface area contributed by atoms with Crippen LogP contribution in [-0.4, -0.2) is 31.2 Å². The summed E-state index contributed by atoms with van der Waals surface area (Å²) < 4.78 is 18.9. The summed E-state index contributed by atoms with van der Waals surface area (Å²) in [5.74, 6) is -0.323. The van der Waals surface area contributed by atoms with Gasteiger partial charge in [0, 0.05) is 30.0 Å². The number of hydrogen-bond donors (Lipinski definition) is 1. The number of nitrogens with zero attached hydrogens (tertiary/aromatic N) is 1. The van der Waals surface area contributed by atoms with Gasteiger partial charge in [-0.3, -0.25) is 0 Å². The van der Waals surface area contributed by atoms with Crippen molar-refractivity contribution in [3.63, 3.8) is 0 Å². The van der Waals surface area contributed by atoms with Gasteiger partial charge >= 0.3 is 0 Å². The van der Waals surface area contributed by atoms with E-state index in [9.17, 15) is 4.39 Å². The quantitative estimate of drug-likeness (QED) is 0.774. The number of rotatable bonds is 2. The van der Waals surface area contributed by atoms with Crippen LogP contribution >= 0.6 is 0 Å². The SMILES string of the molecule is C=C(c1ccc(N)cc1F)N1CCOCC1. The summed E-state index contributed by atoms with van der Waals surface area (Å²) in [5, 5.41) is 0. The van der Waals surface area contributed by atoms with Crippen LogP contribution in [0.25, 0.3) is 5.70 Å². The Morgan fingerprint density at radius 2 is 2.06 bits per heavy atom. The minimum atomic E-state index is -0.323. The zero-order valence-electron chi connectivity index (χ0n) is 9.08. The Balaban J connectivity index is 2.19. The van der Waals surface area contributed by atoms with Crippen LogP contribution in [0, 0.1) is 5.82 Å². The Bertz CT molecular complexity index is 400. The third-order valence-electron chi connectivity index (χ3n) is 2.70. The van der Waals surface area contributed by atoms with Gasteiger partial charge in [-0.05, 0) is 18.2 Å². The van der Waals surface area contributed by atoms with Gasteiger partial charge in [0.05, 0.1) is 13.2 Å². The van der Waals surface area contributed by atoms with Gasteiger partial charge in [0.2, 0.25) is 0 Å². The van der Waals surface area contributed by atoms with Crippen LogP contribution in [0.4, 0.5) is 10.1 Å². The Hall–Kier alpha value is -1.55. The molecule has 0 amide bonds. The lowest BCUT2D eigenvalue weighted by atomic mass is 10.1. The molecule has 0 bridgehead atoms. The van der Waals surface area contributed by atoms with E-state index in [1.54, 1.807) is 12.1 Å². The summed E-state index contributed by atoms with van der Waals surface area (Å²) in [6, 6.07) is 4.67. The molecule has 4 heteroatoms. The lowest BCUT2D eigenvalue weighted by Crippen LogP contribution is -2.34. The van der Waals surface area contributed by atoms with E-state index in [1.807, 2.05) is 4.90 Å². The summed E-state index contributed by atoms with van der Waals surface area (Å²) in [4.78, 5) is 2.03. The van der Waals surface area contributed by atoms with Gasteiger partial charge in [0.1, 0.15) is 5.82 Å². The van der Waals surface area contributed by atoms with Gasteiger partial charge in [-0.2, -0.15) is 0 Å². The molecule has 0 radical (unpaired) electrons. The zero-order chi connectivity index (χ0) is 11.5. The third kappa shape index (κ3) is 2.17. The van der Waals surface area contributed by atoms with Crippen LogP contribution in [0.15, 0.2) is 24.8 Å². The van der Waals surface area contributed by atoms with Crippen molar-refractivity contribution in [3.8, 4) is 0 Å². The fraction of sp³-hybridized carbons (Fsp3) is 0.333. The molecule has 0 aliphatic carbocycles. The van der Waals surface area contributed by atoms with E-state index in [4.69, 9.17) is 10.5 Å². The van der Waals surface area contributed by atoms with E-state index in [-0.39, 0.29) is 5.82 Å². The van der Waals surface area contributed by atoms with E-state index >= 15 is 0 Å². The van der Waals surface area contributed by atoms with Gasteiger partial charge < -0.3 is 15.4 Å². The molecule has 2 rings (SSSR count). The molecule has 0 unspecified atom stereocenters. The van der Waals surface area contributed by atoms with Crippen LogP contribution in [0.5, 0.6) is 0 Å². The van der Waals surface area contributed by atoms with Gasteiger partial charge in [-0.15, -0.1) is 0 Å². The molecule has 0 aromatic heterocycles. The number of ether oxygens (including phenoxy) is 1. The Morgan fingerprint density at radius 1 is 1.38 bits per heavy atom. The van der Waals surface area contributed by atoms with Crippen molar-refractivity contribution in [3.05, 3.63) is 36.2 Å². The summed E-state index contributed by atoms with van der Waals surface area (Å²) in [7, 11) is 0. The molecular formula is C12H15FN2O. The molecule has 16 heavy (non-hydrogen) atoms. The molecule has 1 aromatic rings. The topological polar surface area (TPSA) is 38.5 Å².